The summed E-state index contributed by atoms with van der Waals surface area (Å²) in [5.41, 5.74) is 3.61. The Labute approximate surface area is 192 Å². The summed E-state index contributed by atoms with van der Waals surface area (Å²) in [7, 11) is 0. The van der Waals surface area contributed by atoms with E-state index >= 15 is 0 Å². The molecule has 0 aliphatic carbocycles. The van der Waals surface area contributed by atoms with Gasteiger partial charge in [-0.1, -0.05) is 47.5 Å². The number of benzene rings is 3. The molecule has 0 aromatic heterocycles. The van der Waals surface area contributed by atoms with Crippen LogP contribution in [0.1, 0.15) is 18.1 Å². The van der Waals surface area contributed by atoms with Crippen molar-refractivity contribution in [1.82, 2.24) is 0 Å². The molecule has 0 fully saturated rings. The number of hydrogen-bond donors (Lipinski definition) is 2. The van der Waals surface area contributed by atoms with E-state index in [1.807, 2.05) is 56.3 Å². The Balaban J connectivity index is 1.62. The Morgan fingerprint density at radius 2 is 1.74 bits per heavy atom. The fourth-order valence-corrected chi connectivity index (χ4v) is 3.20. The first-order valence-electron chi connectivity index (χ1n) is 9.89. The summed E-state index contributed by atoms with van der Waals surface area (Å²) in [6, 6.07) is 18.6. The van der Waals surface area contributed by atoms with Crippen molar-refractivity contribution in [3.63, 3.8) is 0 Å². The Morgan fingerprint density at radius 3 is 2.48 bits per heavy atom. The first-order valence-corrected chi connectivity index (χ1v) is 10.6. The number of carbonyl (C=O) groups is 1. The number of hydrogen-bond acceptors (Lipinski definition) is 4. The molecule has 0 saturated heterocycles. The Morgan fingerprint density at radius 1 is 0.935 bits per heavy atom. The lowest BCUT2D eigenvalue weighted by Gasteiger charge is -2.14. The van der Waals surface area contributed by atoms with Crippen molar-refractivity contribution in [2.24, 2.45) is 0 Å². The average Bonchev–Trinajstić information content (AvgIpc) is 2.76. The number of nitrogens with one attached hydrogen (secondary N) is 2. The average molecular weight is 459 g/mol. The molecule has 0 atom stereocenters. The summed E-state index contributed by atoms with van der Waals surface area (Å²) >= 11 is 12.0. The van der Waals surface area contributed by atoms with Gasteiger partial charge in [0, 0.05) is 17.9 Å². The predicted molar refractivity (Wildman–Crippen MR) is 127 cm³/mol. The summed E-state index contributed by atoms with van der Waals surface area (Å²) in [5, 5.41) is 7.16. The van der Waals surface area contributed by atoms with E-state index in [4.69, 9.17) is 32.7 Å². The number of halogens is 2. The molecule has 0 bridgehead atoms. The van der Waals surface area contributed by atoms with Crippen molar-refractivity contribution >= 4 is 40.5 Å². The minimum absolute atomic E-state index is 0.116. The predicted octanol–water partition coefficient (Wildman–Crippen LogP) is 6.33. The molecule has 0 aliphatic heterocycles. The normalized spacial score (nSPS) is 10.5. The molecule has 0 spiro atoms. The van der Waals surface area contributed by atoms with Crippen molar-refractivity contribution in [2.75, 3.05) is 23.8 Å². The molecule has 3 rings (SSSR count). The van der Waals surface area contributed by atoms with Crippen molar-refractivity contribution in [3.8, 4) is 11.5 Å². The second-order valence-electron chi connectivity index (χ2n) is 6.85. The molecule has 3 aromatic rings. The van der Waals surface area contributed by atoms with Crippen molar-refractivity contribution in [1.29, 1.82) is 0 Å². The molecule has 7 heteroatoms. The van der Waals surface area contributed by atoms with Crippen LogP contribution in [0.25, 0.3) is 0 Å². The van der Waals surface area contributed by atoms with Gasteiger partial charge in [0.25, 0.3) is 5.91 Å². The van der Waals surface area contributed by atoms with Gasteiger partial charge in [-0.05, 0) is 61.4 Å². The van der Waals surface area contributed by atoms with Crippen LogP contribution in [0, 0.1) is 6.92 Å². The molecular formula is C24H24Cl2N2O3. The lowest BCUT2D eigenvalue weighted by molar-refractivity contribution is -0.118. The number of rotatable bonds is 9. The first kappa shape index (κ1) is 22.8. The number of ether oxygens (including phenoxy) is 2. The maximum atomic E-state index is 12.3. The SMILES string of the molecule is CCOc1cc(CNc2ccc(Cl)c(Cl)c2)ccc1OCC(=O)Nc1ccccc1C. The maximum Gasteiger partial charge on any atom is 0.262 e. The van der Waals surface area contributed by atoms with Crippen LogP contribution >= 0.6 is 23.2 Å². The van der Waals surface area contributed by atoms with Crippen LogP contribution in [0.4, 0.5) is 11.4 Å². The number of para-hydroxylation sites is 1. The van der Waals surface area contributed by atoms with E-state index < -0.39 is 0 Å². The van der Waals surface area contributed by atoms with E-state index in [1.54, 1.807) is 18.2 Å². The van der Waals surface area contributed by atoms with E-state index in [0.717, 1.165) is 22.5 Å². The van der Waals surface area contributed by atoms with Crippen LogP contribution in [0.2, 0.25) is 10.0 Å². The second-order valence-corrected chi connectivity index (χ2v) is 7.66. The van der Waals surface area contributed by atoms with E-state index in [1.165, 1.54) is 0 Å². The van der Waals surface area contributed by atoms with Gasteiger partial charge in [-0.15, -0.1) is 0 Å². The van der Waals surface area contributed by atoms with Crippen LogP contribution in [-0.4, -0.2) is 19.1 Å². The van der Waals surface area contributed by atoms with Gasteiger partial charge >= 0.3 is 0 Å². The van der Waals surface area contributed by atoms with Crippen LogP contribution in [0.5, 0.6) is 11.5 Å². The third-order valence-electron chi connectivity index (χ3n) is 4.50. The zero-order valence-corrected chi connectivity index (χ0v) is 18.9. The van der Waals surface area contributed by atoms with Crippen molar-refractivity contribution < 1.29 is 14.3 Å². The summed E-state index contributed by atoms with van der Waals surface area (Å²) in [6.07, 6.45) is 0. The molecule has 0 heterocycles. The molecule has 3 aromatic carbocycles. The standard InChI is InChI=1S/C24H24Cl2N2O3/c1-3-30-23-12-17(14-27-18-9-10-19(25)20(26)13-18)8-11-22(23)31-15-24(29)28-21-7-5-4-6-16(21)2/h4-13,27H,3,14-15H2,1-2H3,(H,28,29). The summed E-state index contributed by atoms with van der Waals surface area (Å²) < 4.78 is 11.4. The molecule has 162 valence electrons. The topological polar surface area (TPSA) is 59.6 Å². The quantitative estimate of drug-likeness (QED) is 0.393. The maximum absolute atomic E-state index is 12.3. The second kappa shape index (κ2) is 10.9. The number of carbonyl (C=O) groups excluding carboxylic acids is 1. The van der Waals surface area contributed by atoms with Gasteiger partial charge in [0.05, 0.1) is 16.7 Å². The molecule has 0 unspecified atom stereocenters. The monoisotopic (exact) mass is 458 g/mol. The van der Waals surface area contributed by atoms with Gasteiger partial charge in [-0.3, -0.25) is 4.79 Å². The first-order chi connectivity index (χ1) is 15.0. The third-order valence-corrected chi connectivity index (χ3v) is 5.24. The fraction of sp³-hybridized carbons (Fsp3) is 0.208. The smallest absolute Gasteiger partial charge is 0.262 e. The van der Waals surface area contributed by atoms with E-state index in [-0.39, 0.29) is 12.5 Å². The zero-order valence-electron chi connectivity index (χ0n) is 17.4. The van der Waals surface area contributed by atoms with Crippen LogP contribution < -0.4 is 20.1 Å². The van der Waals surface area contributed by atoms with Gasteiger partial charge in [-0.2, -0.15) is 0 Å². The Kier molecular flexibility index (Phi) is 8.04. The van der Waals surface area contributed by atoms with Crippen LogP contribution in [0.3, 0.4) is 0 Å². The number of anilines is 2. The Bertz CT molecular complexity index is 1060. The summed E-state index contributed by atoms with van der Waals surface area (Å²) in [4.78, 5) is 12.3. The number of aryl methyl sites for hydroxylation is 1. The molecular weight excluding hydrogens is 435 g/mol. The number of amides is 1. The highest BCUT2D eigenvalue weighted by Crippen LogP contribution is 2.30. The molecule has 0 radical (unpaired) electrons. The summed E-state index contributed by atoms with van der Waals surface area (Å²) in [5.74, 6) is 0.863. The molecule has 0 saturated carbocycles. The minimum Gasteiger partial charge on any atom is -0.490 e. The highest BCUT2D eigenvalue weighted by molar-refractivity contribution is 6.42. The molecule has 2 N–H and O–H groups in total. The van der Waals surface area contributed by atoms with E-state index in [0.29, 0.717) is 34.7 Å². The lowest BCUT2D eigenvalue weighted by Crippen LogP contribution is -2.20. The molecule has 0 aliphatic rings. The molecule has 1 amide bonds. The zero-order chi connectivity index (χ0) is 22.2. The highest BCUT2D eigenvalue weighted by atomic mass is 35.5. The Hall–Kier alpha value is -2.89. The van der Waals surface area contributed by atoms with Gasteiger partial charge in [0.1, 0.15) is 0 Å². The van der Waals surface area contributed by atoms with E-state index in [2.05, 4.69) is 10.6 Å². The van der Waals surface area contributed by atoms with Crippen LogP contribution in [-0.2, 0) is 11.3 Å². The highest BCUT2D eigenvalue weighted by Gasteiger charge is 2.11. The third kappa shape index (κ3) is 6.54. The van der Waals surface area contributed by atoms with Gasteiger partial charge < -0.3 is 20.1 Å². The summed E-state index contributed by atoms with van der Waals surface area (Å²) in [6.45, 7) is 4.76. The lowest BCUT2D eigenvalue weighted by atomic mass is 10.2. The van der Waals surface area contributed by atoms with Gasteiger partial charge in [-0.25, -0.2) is 0 Å². The molecule has 31 heavy (non-hydrogen) atoms. The van der Waals surface area contributed by atoms with Crippen molar-refractivity contribution in [2.45, 2.75) is 20.4 Å². The minimum atomic E-state index is -0.234. The molecule has 5 nitrogen and oxygen atoms in total. The van der Waals surface area contributed by atoms with E-state index in [9.17, 15) is 4.79 Å². The largest absolute Gasteiger partial charge is 0.490 e. The van der Waals surface area contributed by atoms with Crippen LogP contribution in [0.15, 0.2) is 60.7 Å². The van der Waals surface area contributed by atoms with Gasteiger partial charge in [0.15, 0.2) is 18.1 Å². The van der Waals surface area contributed by atoms with Gasteiger partial charge in [0.2, 0.25) is 0 Å². The van der Waals surface area contributed by atoms with Crippen molar-refractivity contribution in [3.05, 3.63) is 81.8 Å². The fourth-order valence-electron chi connectivity index (χ4n) is 2.90.